The number of hydrogen-bond donors (Lipinski definition) is 1. The van der Waals surface area contributed by atoms with Gasteiger partial charge in [0.1, 0.15) is 0 Å². The first-order valence-corrected chi connectivity index (χ1v) is 9.96. The minimum Gasteiger partial charge on any atom is -0.451 e. The Hall–Kier alpha value is -3.28. The standard InChI is InChI=1S/C24H26N2O4/c1-12(2)20-11-18(17-9-7-8-10-19(17)26-20)24(29)30-16(6)23(28)22-13(3)21(15(5)27)14(4)25-22/h7-12,16,25H,1-6H3. The van der Waals surface area contributed by atoms with Crippen LogP contribution in [0.5, 0.6) is 0 Å². The van der Waals surface area contributed by atoms with Gasteiger partial charge >= 0.3 is 5.97 Å². The molecule has 1 atom stereocenters. The number of hydrogen-bond acceptors (Lipinski definition) is 5. The van der Waals surface area contributed by atoms with E-state index in [1.54, 1.807) is 19.9 Å². The van der Waals surface area contributed by atoms with Gasteiger partial charge in [0.05, 0.1) is 16.8 Å². The van der Waals surface area contributed by atoms with Crippen LogP contribution in [0.25, 0.3) is 10.9 Å². The van der Waals surface area contributed by atoms with E-state index in [4.69, 9.17) is 4.74 Å². The van der Waals surface area contributed by atoms with E-state index in [1.807, 2.05) is 38.1 Å². The first-order chi connectivity index (χ1) is 14.1. The Balaban J connectivity index is 1.92. The van der Waals surface area contributed by atoms with Crippen LogP contribution < -0.4 is 0 Å². The molecule has 0 saturated carbocycles. The van der Waals surface area contributed by atoms with Crippen molar-refractivity contribution in [2.45, 2.75) is 53.6 Å². The van der Waals surface area contributed by atoms with Gasteiger partial charge in [-0.05, 0) is 51.3 Å². The molecule has 3 rings (SSSR count). The van der Waals surface area contributed by atoms with Gasteiger partial charge in [0.2, 0.25) is 5.78 Å². The highest BCUT2D eigenvalue weighted by molar-refractivity contribution is 6.07. The molecule has 0 spiro atoms. The molecule has 2 aromatic heterocycles. The van der Waals surface area contributed by atoms with Gasteiger partial charge in [-0.25, -0.2) is 4.79 Å². The molecule has 0 saturated heterocycles. The summed E-state index contributed by atoms with van der Waals surface area (Å²) in [5.74, 6) is -0.938. The number of Topliss-reactive ketones (excluding diaryl/α,β-unsaturated/α-hetero) is 2. The van der Waals surface area contributed by atoms with Gasteiger partial charge in [-0.1, -0.05) is 32.0 Å². The zero-order valence-corrected chi connectivity index (χ0v) is 18.1. The predicted molar refractivity (Wildman–Crippen MR) is 115 cm³/mol. The molecule has 1 N–H and O–H groups in total. The van der Waals surface area contributed by atoms with Crippen LogP contribution in [0.1, 0.15) is 81.8 Å². The maximum Gasteiger partial charge on any atom is 0.339 e. The van der Waals surface area contributed by atoms with Gasteiger partial charge < -0.3 is 9.72 Å². The highest BCUT2D eigenvalue weighted by Gasteiger charge is 2.27. The average Bonchev–Trinajstić information content (AvgIpc) is 3.00. The summed E-state index contributed by atoms with van der Waals surface area (Å²) < 4.78 is 5.54. The van der Waals surface area contributed by atoms with Gasteiger partial charge in [-0.15, -0.1) is 0 Å². The maximum absolute atomic E-state index is 13.0. The molecule has 2 heterocycles. The Morgan fingerprint density at radius 2 is 1.73 bits per heavy atom. The molecule has 1 aromatic carbocycles. The van der Waals surface area contributed by atoms with Crippen molar-refractivity contribution in [1.82, 2.24) is 9.97 Å². The first-order valence-electron chi connectivity index (χ1n) is 9.96. The zero-order chi connectivity index (χ0) is 22.2. The van der Waals surface area contributed by atoms with Crippen LogP contribution in [0.4, 0.5) is 0 Å². The maximum atomic E-state index is 13.0. The summed E-state index contributed by atoms with van der Waals surface area (Å²) in [6.07, 6.45) is -1.01. The topological polar surface area (TPSA) is 89.1 Å². The molecular weight excluding hydrogens is 380 g/mol. The van der Waals surface area contributed by atoms with Gasteiger partial charge in [0.15, 0.2) is 11.9 Å². The van der Waals surface area contributed by atoms with E-state index in [2.05, 4.69) is 9.97 Å². The number of ether oxygens (including phenoxy) is 1. The number of fused-ring (bicyclic) bond motifs is 1. The lowest BCUT2D eigenvalue weighted by Gasteiger charge is -2.15. The lowest BCUT2D eigenvalue weighted by Crippen LogP contribution is -2.25. The van der Waals surface area contributed by atoms with Crippen molar-refractivity contribution in [3.05, 3.63) is 64.1 Å². The second-order valence-corrected chi connectivity index (χ2v) is 7.86. The van der Waals surface area contributed by atoms with Crippen molar-refractivity contribution in [1.29, 1.82) is 0 Å². The third kappa shape index (κ3) is 3.90. The van der Waals surface area contributed by atoms with Gasteiger partial charge in [0.25, 0.3) is 0 Å². The van der Waals surface area contributed by atoms with Gasteiger partial charge in [-0.3, -0.25) is 14.6 Å². The Labute approximate surface area is 175 Å². The highest BCUT2D eigenvalue weighted by atomic mass is 16.5. The summed E-state index contributed by atoms with van der Waals surface area (Å²) in [5.41, 5.74) is 3.86. The van der Waals surface area contributed by atoms with Crippen molar-refractivity contribution in [3.63, 3.8) is 0 Å². The molecule has 0 bridgehead atoms. The summed E-state index contributed by atoms with van der Waals surface area (Å²) in [4.78, 5) is 45.3. The number of aryl methyl sites for hydroxylation is 1. The third-order valence-corrected chi connectivity index (χ3v) is 5.24. The van der Waals surface area contributed by atoms with E-state index >= 15 is 0 Å². The molecule has 3 aromatic rings. The fourth-order valence-electron chi connectivity index (χ4n) is 3.67. The van der Waals surface area contributed by atoms with Crippen molar-refractivity contribution in [2.24, 2.45) is 0 Å². The van der Waals surface area contributed by atoms with Crippen LogP contribution in [-0.2, 0) is 4.74 Å². The number of rotatable bonds is 6. The molecule has 0 aliphatic carbocycles. The molecule has 0 aliphatic heterocycles. The number of aromatic nitrogens is 2. The minimum absolute atomic E-state index is 0.116. The Bertz CT molecular complexity index is 1160. The summed E-state index contributed by atoms with van der Waals surface area (Å²) in [6, 6.07) is 9.08. The van der Waals surface area contributed by atoms with Crippen molar-refractivity contribution < 1.29 is 19.1 Å². The predicted octanol–water partition coefficient (Wildman–Crippen LogP) is 4.93. The molecule has 0 amide bonds. The minimum atomic E-state index is -1.01. The number of esters is 1. The number of aromatic amines is 1. The Morgan fingerprint density at radius 1 is 1.07 bits per heavy atom. The quantitative estimate of drug-likeness (QED) is 0.463. The second-order valence-electron chi connectivity index (χ2n) is 7.86. The summed E-state index contributed by atoms with van der Waals surface area (Å²) in [5, 5.41) is 0.678. The lowest BCUT2D eigenvalue weighted by molar-refractivity contribution is 0.0318. The number of ketones is 2. The fourth-order valence-corrected chi connectivity index (χ4v) is 3.67. The Morgan fingerprint density at radius 3 is 2.33 bits per heavy atom. The monoisotopic (exact) mass is 406 g/mol. The molecule has 6 nitrogen and oxygen atoms in total. The average molecular weight is 406 g/mol. The second kappa shape index (κ2) is 8.22. The number of carbonyl (C=O) groups excluding carboxylic acids is 3. The number of carbonyl (C=O) groups is 3. The van der Waals surface area contributed by atoms with Crippen LogP contribution in [0, 0.1) is 13.8 Å². The summed E-state index contributed by atoms with van der Waals surface area (Å²) >= 11 is 0. The van der Waals surface area contributed by atoms with Crippen LogP contribution in [0.3, 0.4) is 0 Å². The van der Waals surface area contributed by atoms with Crippen LogP contribution in [-0.4, -0.2) is 33.6 Å². The van der Waals surface area contributed by atoms with E-state index in [0.717, 1.165) is 5.69 Å². The largest absolute Gasteiger partial charge is 0.451 e. The van der Waals surface area contributed by atoms with Crippen molar-refractivity contribution >= 4 is 28.4 Å². The molecule has 0 aliphatic rings. The third-order valence-electron chi connectivity index (χ3n) is 5.24. The first kappa shape index (κ1) is 21.4. The summed E-state index contributed by atoms with van der Waals surface area (Å²) in [6.45, 7) is 10.5. The zero-order valence-electron chi connectivity index (χ0n) is 18.1. The number of para-hydroxylation sites is 1. The lowest BCUT2D eigenvalue weighted by atomic mass is 10.0. The van der Waals surface area contributed by atoms with E-state index < -0.39 is 12.1 Å². The van der Waals surface area contributed by atoms with Gasteiger partial charge in [-0.2, -0.15) is 0 Å². The number of H-pyrrole nitrogens is 1. The number of nitrogens with zero attached hydrogens (tertiary/aromatic N) is 1. The van der Waals surface area contributed by atoms with E-state index in [-0.39, 0.29) is 17.5 Å². The summed E-state index contributed by atoms with van der Waals surface area (Å²) in [7, 11) is 0. The number of nitrogens with one attached hydrogen (secondary N) is 1. The molecule has 156 valence electrons. The van der Waals surface area contributed by atoms with E-state index in [9.17, 15) is 14.4 Å². The number of benzene rings is 1. The smallest absolute Gasteiger partial charge is 0.339 e. The van der Waals surface area contributed by atoms with Crippen LogP contribution >= 0.6 is 0 Å². The molecule has 1 unspecified atom stereocenters. The SMILES string of the molecule is CC(=O)c1c(C)[nH]c(C(=O)C(C)OC(=O)c2cc(C(C)C)nc3ccccc23)c1C. The van der Waals surface area contributed by atoms with E-state index in [1.165, 1.54) is 13.8 Å². The molecule has 0 fully saturated rings. The van der Waals surface area contributed by atoms with Crippen LogP contribution in [0.2, 0.25) is 0 Å². The Kier molecular flexibility index (Phi) is 5.87. The molecular formula is C24H26N2O4. The fraction of sp³-hybridized carbons (Fsp3) is 0.333. The molecule has 0 radical (unpaired) electrons. The van der Waals surface area contributed by atoms with Crippen LogP contribution in [0.15, 0.2) is 30.3 Å². The van der Waals surface area contributed by atoms with E-state index in [0.29, 0.717) is 39.0 Å². The van der Waals surface area contributed by atoms with Gasteiger partial charge in [0, 0.05) is 22.3 Å². The highest BCUT2D eigenvalue weighted by Crippen LogP contribution is 2.25. The molecule has 30 heavy (non-hydrogen) atoms. The van der Waals surface area contributed by atoms with Crippen molar-refractivity contribution in [2.75, 3.05) is 0 Å². The normalized spacial score (nSPS) is 12.2. The molecule has 6 heteroatoms. The van der Waals surface area contributed by atoms with Crippen molar-refractivity contribution in [3.8, 4) is 0 Å². The number of pyridine rings is 1.